The minimum absolute atomic E-state index is 0.135. The molecule has 0 saturated carbocycles. The first-order valence-corrected chi connectivity index (χ1v) is 11.1. The van der Waals surface area contributed by atoms with Crippen molar-refractivity contribution < 1.29 is 23.5 Å². The number of hydrogen-bond donors (Lipinski definition) is 2. The minimum atomic E-state index is -1.07. The van der Waals surface area contributed by atoms with E-state index in [1.807, 2.05) is 18.2 Å². The van der Waals surface area contributed by atoms with E-state index in [2.05, 4.69) is 10.6 Å². The zero-order valence-electron chi connectivity index (χ0n) is 19.2. The number of nitrogens with one attached hydrogen (secondary N) is 2. The molecule has 176 valence electrons. The van der Waals surface area contributed by atoms with Gasteiger partial charge in [-0.25, -0.2) is 0 Å². The number of carbonyl (C=O) groups is 3. The van der Waals surface area contributed by atoms with Gasteiger partial charge in [0, 0.05) is 16.6 Å². The van der Waals surface area contributed by atoms with E-state index in [4.69, 9.17) is 9.15 Å². The van der Waals surface area contributed by atoms with E-state index in [1.54, 1.807) is 68.6 Å². The van der Waals surface area contributed by atoms with Crippen LogP contribution in [0.4, 0.5) is 17.1 Å². The van der Waals surface area contributed by atoms with Crippen LogP contribution in [0.15, 0.2) is 77.2 Å². The van der Waals surface area contributed by atoms with E-state index in [1.165, 1.54) is 4.90 Å². The lowest BCUT2D eigenvalue weighted by atomic mass is 10.0. The van der Waals surface area contributed by atoms with Crippen LogP contribution in [-0.4, -0.2) is 30.9 Å². The first-order valence-electron chi connectivity index (χ1n) is 11.1. The van der Waals surface area contributed by atoms with Crippen LogP contribution in [0.2, 0.25) is 0 Å². The number of amides is 3. The lowest BCUT2D eigenvalue weighted by Gasteiger charge is -2.35. The van der Waals surface area contributed by atoms with Gasteiger partial charge in [0.25, 0.3) is 5.91 Å². The lowest BCUT2D eigenvalue weighted by Crippen LogP contribution is -2.52. The molecule has 1 aliphatic heterocycles. The number of carbonyl (C=O) groups excluding carboxylic acids is 3. The van der Waals surface area contributed by atoms with Crippen LogP contribution in [0.3, 0.4) is 0 Å². The summed E-state index contributed by atoms with van der Waals surface area (Å²) in [4.78, 5) is 41.2. The van der Waals surface area contributed by atoms with Crippen LogP contribution in [0.25, 0.3) is 11.0 Å². The molecule has 1 aliphatic rings. The fourth-order valence-electron chi connectivity index (χ4n) is 4.28. The Labute approximate surface area is 201 Å². The quantitative estimate of drug-likeness (QED) is 0.439. The summed E-state index contributed by atoms with van der Waals surface area (Å²) < 4.78 is 11.0. The highest BCUT2D eigenvalue weighted by Crippen LogP contribution is 2.36. The molecule has 5 rings (SSSR count). The number of nitrogens with zero attached hydrogens (tertiary/aromatic N) is 1. The highest BCUT2D eigenvalue weighted by Gasteiger charge is 2.40. The zero-order valence-corrected chi connectivity index (χ0v) is 19.2. The highest BCUT2D eigenvalue weighted by molar-refractivity contribution is 6.18. The Morgan fingerprint density at radius 1 is 1.03 bits per heavy atom. The van der Waals surface area contributed by atoms with E-state index in [0.29, 0.717) is 34.0 Å². The van der Waals surface area contributed by atoms with E-state index in [-0.39, 0.29) is 12.2 Å². The van der Waals surface area contributed by atoms with Crippen LogP contribution in [-0.2, 0) is 9.59 Å². The maximum absolute atomic E-state index is 13.8. The van der Waals surface area contributed by atoms with Gasteiger partial charge in [-0.3, -0.25) is 19.3 Å². The Morgan fingerprint density at radius 2 is 1.74 bits per heavy atom. The van der Waals surface area contributed by atoms with Crippen LogP contribution in [0, 0.1) is 6.92 Å². The van der Waals surface area contributed by atoms with Gasteiger partial charge in [0.15, 0.2) is 5.76 Å². The van der Waals surface area contributed by atoms with Crippen molar-refractivity contribution in [2.45, 2.75) is 19.4 Å². The van der Waals surface area contributed by atoms with Gasteiger partial charge in [0.1, 0.15) is 17.4 Å². The number of rotatable bonds is 5. The van der Waals surface area contributed by atoms with Crippen LogP contribution in [0.1, 0.15) is 22.5 Å². The van der Waals surface area contributed by atoms with Crippen LogP contribution < -0.4 is 20.3 Å². The maximum atomic E-state index is 13.8. The van der Waals surface area contributed by atoms with Crippen molar-refractivity contribution in [1.29, 1.82) is 0 Å². The molecular weight excluding hydrogens is 446 g/mol. The first kappa shape index (κ1) is 22.2. The molecule has 8 nitrogen and oxygen atoms in total. The number of para-hydroxylation sites is 3. The zero-order chi connectivity index (χ0) is 24.5. The van der Waals surface area contributed by atoms with E-state index >= 15 is 0 Å². The lowest BCUT2D eigenvalue weighted by molar-refractivity contribution is -0.122. The molecule has 35 heavy (non-hydrogen) atoms. The molecule has 1 unspecified atom stereocenters. The second-order valence-electron chi connectivity index (χ2n) is 8.23. The van der Waals surface area contributed by atoms with Gasteiger partial charge in [-0.05, 0) is 49.4 Å². The number of methoxy groups -OCH3 is 1. The van der Waals surface area contributed by atoms with Crippen molar-refractivity contribution in [1.82, 2.24) is 0 Å². The van der Waals surface area contributed by atoms with Gasteiger partial charge in [-0.2, -0.15) is 0 Å². The number of furan rings is 1. The maximum Gasteiger partial charge on any atom is 0.295 e. The van der Waals surface area contributed by atoms with Gasteiger partial charge in [-0.1, -0.05) is 30.3 Å². The van der Waals surface area contributed by atoms with Gasteiger partial charge >= 0.3 is 0 Å². The Morgan fingerprint density at radius 3 is 2.49 bits per heavy atom. The molecule has 0 fully saturated rings. The minimum Gasteiger partial charge on any atom is -0.497 e. The molecule has 0 radical (unpaired) electrons. The van der Waals surface area contributed by atoms with Crippen molar-refractivity contribution in [3.05, 3.63) is 84.1 Å². The molecule has 8 heteroatoms. The molecule has 0 aliphatic carbocycles. The topological polar surface area (TPSA) is 101 Å². The van der Waals surface area contributed by atoms with Gasteiger partial charge in [0.2, 0.25) is 11.8 Å². The summed E-state index contributed by atoms with van der Waals surface area (Å²) in [5, 5.41) is 6.41. The SMILES string of the molecule is COc1ccc(NC(=O)CC2C(=O)Nc3ccccc3N2C(=O)c2oc3ccccc3c2C)cc1. The Hall–Kier alpha value is -4.59. The third-order valence-corrected chi connectivity index (χ3v) is 6.05. The molecule has 2 N–H and O–H groups in total. The fourth-order valence-corrected chi connectivity index (χ4v) is 4.28. The molecule has 0 spiro atoms. The summed E-state index contributed by atoms with van der Waals surface area (Å²) in [5.74, 6) is -0.548. The molecule has 1 aromatic heterocycles. The largest absolute Gasteiger partial charge is 0.497 e. The second kappa shape index (κ2) is 8.98. The van der Waals surface area contributed by atoms with Crippen molar-refractivity contribution in [3.63, 3.8) is 0 Å². The third-order valence-electron chi connectivity index (χ3n) is 6.05. The summed E-state index contributed by atoms with van der Waals surface area (Å²) in [7, 11) is 1.56. The molecule has 2 heterocycles. The normalized spacial score (nSPS) is 14.9. The number of anilines is 3. The Kier molecular flexibility index (Phi) is 5.70. The molecule has 3 aromatic carbocycles. The molecule has 1 atom stereocenters. The van der Waals surface area contributed by atoms with Crippen LogP contribution >= 0.6 is 0 Å². The summed E-state index contributed by atoms with van der Waals surface area (Å²) in [6.45, 7) is 1.81. The average Bonchev–Trinajstić information content (AvgIpc) is 3.21. The summed E-state index contributed by atoms with van der Waals surface area (Å²) in [6.07, 6.45) is -0.239. The Bertz CT molecular complexity index is 1440. The van der Waals surface area contributed by atoms with E-state index < -0.39 is 23.8 Å². The summed E-state index contributed by atoms with van der Waals surface area (Å²) in [6, 6.07) is 20.1. The molecule has 3 amide bonds. The van der Waals surface area contributed by atoms with E-state index in [9.17, 15) is 14.4 Å². The predicted molar refractivity (Wildman–Crippen MR) is 133 cm³/mol. The third kappa shape index (κ3) is 4.10. The smallest absolute Gasteiger partial charge is 0.295 e. The number of aryl methyl sites for hydroxylation is 1. The van der Waals surface area contributed by atoms with Crippen LogP contribution in [0.5, 0.6) is 5.75 Å². The fraction of sp³-hybridized carbons (Fsp3) is 0.148. The van der Waals surface area contributed by atoms with Gasteiger partial charge in [0.05, 0.1) is 24.9 Å². The highest BCUT2D eigenvalue weighted by atomic mass is 16.5. The second-order valence-corrected chi connectivity index (χ2v) is 8.23. The average molecular weight is 469 g/mol. The van der Waals surface area contributed by atoms with Gasteiger partial charge < -0.3 is 19.8 Å². The Balaban J connectivity index is 1.48. The number of fused-ring (bicyclic) bond motifs is 2. The molecule has 0 bridgehead atoms. The van der Waals surface area contributed by atoms with Gasteiger partial charge in [-0.15, -0.1) is 0 Å². The summed E-state index contributed by atoms with van der Waals surface area (Å²) >= 11 is 0. The van der Waals surface area contributed by atoms with Crippen molar-refractivity contribution >= 4 is 45.8 Å². The number of hydrogen-bond acceptors (Lipinski definition) is 5. The molecular formula is C27H23N3O5. The van der Waals surface area contributed by atoms with Crippen molar-refractivity contribution in [2.75, 3.05) is 22.6 Å². The number of benzene rings is 3. The standard InChI is InChI=1S/C27H23N3O5/c1-16-19-7-3-6-10-23(19)35-25(16)27(33)30-21-9-5-4-8-20(21)29-26(32)22(30)15-24(31)28-17-11-13-18(34-2)14-12-17/h3-14,22H,15H2,1-2H3,(H,28,31)(H,29,32). The molecule has 4 aromatic rings. The van der Waals surface area contributed by atoms with E-state index in [0.717, 1.165) is 5.39 Å². The molecule has 0 saturated heterocycles. The predicted octanol–water partition coefficient (Wildman–Crippen LogP) is 4.75. The monoisotopic (exact) mass is 469 g/mol. The van der Waals surface area contributed by atoms with Crippen molar-refractivity contribution in [2.24, 2.45) is 0 Å². The van der Waals surface area contributed by atoms with Crippen molar-refractivity contribution in [3.8, 4) is 5.75 Å². The summed E-state index contributed by atoms with van der Waals surface area (Å²) in [5.41, 5.74) is 2.80. The first-order chi connectivity index (χ1) is 17.0. The number of ether oxygens (including phenoxy) is 1.